The number of carbonyl (C=O) groups excluding carboxylic acids is 2. The molecule has 0 aromatic heterocycles. The smallest absolute Gasteiger partial charge is 0.306 e. The van der Waals surface area contributed by atoms with E-state index in [1.807, 2.05) is 27.2 Å². The molecule has 1 amide bonds. The second-order valence-electron chi connectivity index (χ2n) is 20.4. The van der Waals surface area contributed by atoms with Crippen molar-refractivity contribution in [1.82, 2.24) is 5.32 Å². The summed E-state index contributed by atoms with van der Waals surface area (Å²) in [7, 11) is 1.12. The van der Waals surface area contributed by atoms with E-state index in [1.54, 1.807) is 6.08 Å². The number of hydrogen-bond donors (Lipinski definition) is 1. The highest BCUT2D eigenvalue weighted by Gasteiger charge is 2.27. The maximum atomic E-state index is 13.5. The van der Waals surface area contributed by atoms with Crippen LogP contribution in [0.2, 0.25) is 0 Å². The van der Waals surface area contributed by atoms with Gasteiger partial charge in [0.15, 0.2) is 0 Å². The summed E-state index contributed by atoms with van der Waals surface area (Å²) < 4.78 is 30.2. The zero-order valence-corrected chi connectivity index (χ0v) is 49.3. The van der Waals surface area contributed by atoms with E-state index in [1.165, 1.54) is 44.9 Å². The number of amides is 1. The number of nitrogens with zero attached hydrogens (tertiary/aromatic N) is 1. The molecule has 1 N–H and O–H groups in total. The highest BCUT2D eigenvalue weighted by Crippen LogP contribution is 2.38. The lowest BCUT2D eigenvalue weighted by Crippen LogP contribution is -2.47. The van der Waals surface area contributed by atoms with Crippen LogP contribution in [-0.4, -0.2) is 69.4 Å². The Morgan fingerprint density at radius 1 is 0.480 bits per heavy atom. The fraction of sp³-hybridized carbons (Fsp3) is 0.631. The normalized spacial score (nSPS) is 14.7. The Morgan fingerprint density at radius 2 is 0.853 bits per heavy atom. The third-order valence-electron chi connectivity index (χ3n) is 12.1. The van der Waals surface area contributed by atoms with Gasteiger partial charge in [0.25, 0.3) is 7.82 Å². The first kappa shape index (κ1) is 71.2. The molecule has 0 aliphatic carbocycles. The first-order valence-electron chi connectivity index (χ1n) is 29.5. The van der Waals surface area contributed by atoms with Gasteiger partial charge in [-0.2, -0.15) is 0 Å². The number of ether oxygens (including phenoxy) is 1. The van der Waals surface area contributed by atoms with E-state index in [-0.39, 0.29) is 31.3 Å². The van der Waals surface area contributed by atoms with E-state index in [9.17, 15) is 19.0 Å². The summed E-state index contributed by atoms with van der Waals surface area (Å²) in [6, 6.07) is -0.929. The van der Waals surface area contributed by atoms with Crippen LogP contribution in [0.25, 0.3) is 0 Å². The summed E-state index contributed by atoms with van der Waals surface area (Å²) in [5.41, 5.74) is 0. The maximum Gasteiger partial charge on any atom is 0.306 e. The van der Waals surface area contributed by atoms with Crippen LogP contribution in [0.15, 0.2) is 134 Å². The van der Waals surface area contributed by atoms with Crippen LogP contribution in [0, 0.1) is 0 Å². The molecule has 0 radical (unpaired) electrons. The van der Waals surface area contributed by atoms with Crippen LogP contribution in [0.1, 0.15) is 213 Å². The molecule has 3 unspecified atom stereocenters. The molecular weight excluding hydrogens is 952 g/mol. The van der Waals surface area contributed by atoms with Gasteiger partial charge in [0.1, 0.15) is 19.3 Å². The molecule has 0 fully saturated rings. The van der Waals surface area contributed by atoms with Gasteiger partial charge in [-0.15, -0.1) is 0 Å². The van der Waals surface area contributed by atoms with Crippen molar-refractivity contribution < 1.29 is 37.3 Å². The minimum absolute atomic E-state index is 0.0426. The molecule has 0 saturated carbocycles. The van der Waals surface area contributed by atoms with Crippen LogP contribution in [-0.2, 0) is 27.9 Å². The molecule has 3 atom stereocenters. The number of phosphoric acid groups is 1. The van der Waals surface area contributed by atoms with Crippen molar-refractivity contribution in [1.29, 1.82) is 0 Å². The van der Waals surface area contributed by atoms with E-state index in [0.717, 1.165) is 122 Å². The molecule has 0 rings (SSSR count). The lowest BCUT2D eigenvalue weighted by molar-refractivity contribution is -0.870. The minimum Gasteiger partial charge on any atom is -0.756 e. The molecule has 0 aromatic carbocycles. The van der Waals surface area contributed by atoms with Gasteiger partial charge in [0.2, 0.25) is 5.91 Å². The number of esters is 1. The van der Waals surface area contributed by atoms with E-state index >= 15 is 0 Å². The molecule has 10 heteroatoms. The lowest BCUT2D eigenvalue weighted by atomic mass is 10.1. The van der Waals surface area contributed by atoms with E-state index in [4.69, 9.17) is 13.8 Å². The van der Waals surface area contributed by atoms with Gasteiger partial charge in [-0.3, -0.25) is 14.2 Å². The standard InChI is InChI=1S/C65H109N2O7P/c1-7-10-13-16-19-22-25-27-29-31-33-35-37-39-42-45-48-51-54-57-64(68)66-62(61-73-75(70,71)72-60-59-67(4,5)6)63(56-53-50-47-44-41-24-21-18-15-12-9-3)74-65(69)58-55-52-49-46-43-40-38-36-34-32-30-28-26-23-20-17-14-11-8-2/h10-11,13-14,19-20,22-23,27-30,33-36,39-40,42-43,53,56,62-63H,7-9,12,15-18,21,24-26,31-32,37-38,41,44-52,54-55,57-61H2,1-6H3,(H-,66,68,70,71)/b13-10-,14-11-,22-19-,23-20-,29-27-,30-28-,35-33-,36-34-,42-39-,43-40-,56-53+. The Labute approximate surface area is 460 Å². The Kier molecular flexibility index (Phi) is 50.8. The van der Waals surface area contributed by atoms with Crippen LogP contribution < -0.4 is 10.2 Å². The molecule has 0 saturated heterocycles. The molecule has 0 spiro atoms. The van der Waals surface area contributed by atoms with Gasteiger partial charge < -0.3 is 28.5 Å². The third-order valence-corrected chi connectivity index (χ3v) is 13.0. The number of nitrogens with one attached hydrogen (secondary N) is 1. The topological polar surface area (TPSA) is 114 Å². The number of unbranched alkanes of at least 4 members (excludes halogenated alkanes) is 15. The van der Waals surface area contributed by atoms with Gasteiger partial charge in [-0.1, -0.05) is 213 Å². The number of quaternary nitrogens is 1. The van der Waals surface area contributed by atoms with Crippen molar-refractivity contribution in [2.75, 3.05) is 40.9 Å². The van der Waals surface area contributed by atoms with Crippen LogP contribution in [0.4, 0.5) is 0 Å². The Morgan fingerprint density at radius 3 is 1.28 bits per heavy atom. The van der Waals surface area contributed by atoms with Crippen LogP contribution in [0.5, 0.6) is 0 Å². The Hall–Kier alpha value is -3.85. The summed E-state index contributed by atoms with van der Waals surface area (Å²) in [6.45, 7) is 6.53. The van der Waals surface area contributed by atoms with Crippen LogP contribution >= 0.6 is 7.82 Å². The van der Waals surface area contributed by atoms with Crippen molar-refractivity contribution >= 4 is 19.7 Å². The Bertz CT molecular complexity index is 1740. The number of allylic oxidation sites excluding steroid dienone is 21. The molecule has 0 bridgehead atoms. The number of carbonyl (C=O) groups is 2. The third kappa shape index (κ3) is 54.7. The molecule has 0 heterocycles. The number of likely N-dealkylation sites (N-methyl/N-ethyl adjacent to an activating group) is 1. The summed E-state index contributed by atoms with van der Waals surface area (Å²) in [5, 5.41) is 2.99. The molecule has 0 aromatic rings. The quantitative estimate of drug-likeness (QED) is 0.0212. The van der Waals surface area contributed by atoms with Gasteiger partial charge >= 0.3 is 5.97 Å². The number of hydrogen-bond acceptors (Lipinski definition) is 7. The largest absolute Gasteiger partial charge is 0.756 e. The van der Waals surface area contributed by atoms with Crippen molar-refractivity contribution in [2.24, 2.45) is 0 Å². The van der Waals surface area contributed by atoms with Crippen LogP contribution in [0.3, 0.4) is 0 Å². The van der Waals surface area contributed by atoms with Crippen molar-refractivity contribution in [3.63, 3.8) is 0 Å². The summed E-state index contributed by atoms with van der Waals surface area (Å²) in [5.74, 6) is -0.630. The average Bonchev–Trinajstić information content (AvgIpc) is 3.37. The first-order valence-corrected chi connectivity index (χ1v) is 31.0. The highest BCUT2D eigenvalue weighted by molar-refractivity contribution is 7.45. The predicted octanol–water partition coefficient (Wildman–Crippen LogP) is 17.5. The maximum absolute atomic E-state index is 13.5. The average molecular weight is 1060 g/mol. The predicted molar refractivity (Wildman–Crippen MR) is 320 cm³/mol. The van der Waals surface area contributed by atoms with Crippen molar-refractivity contribution in [3.05, 3.63) is 134 Å². The zero-order chi connectivity index (χ0) is 55.0. The lowest BCUT2D eigenvalue weighted by Gasteiger charge is -2.30. The molecule has 426 valence electrons. The second kappa shape index (κ2) is 53.5. The number of rotatable bonds is 51. The first-order chi connectivity index (χ1) is 36.4. The second-order valence-corrected chi connectivity index (χ2v) is 21.8. The van der Waals surface area contributed by atoms with Gasteiger partial charge in [-0.05, 0) is 122 Å². The summed E-state index contributed by atoms with van der Waals surface area (Å²) in [6.07, 6.45) is 75.6. The van der Waals surface area contributed by atoms with E-state index in [2.05, 4.69) is 148 Å². The van der Waals surface area contributed by atoms with E-state index < -0.39 is 26.6 Å². The SMILES string of the molecule is CC/C=C\C/C=C\C/C=C\C/C=C\C/C=C\CCCCCC(=O)NC(COP(=O)([O-])OCC[N+](C)(C)C)C(/C=C/CCCCCCCCCCC)OC(=O)CCCCC/C=C\C/C=C\C/C=C\C/C=C\C/C=C\CC. The van der Waals surface area contributed by atoms with E-state index in [0.29, 0.717) is 23.9 Å². The fourth-order valence-electron chi connectivity index (χ4n) is 7.57. The molecule has 9 nitrogen and oxygen atoms in total. The van der Waals surface area contributed by atoms with Crippen molar-refractivity contribution in [2.45, 2.75) is 226 Å². The number of phosphoric ester groups is 1. The molecule has 75 heavy (non-hydrogen) atoms. The minimum atomic E-state index is -4.72. The highest BCUT2D eigenvalue weighted by atomic mass is 31.2. The summed E-state index contributed by atoms with van der Waals surface area (Å²) in [4.78, 5) is 39.9. The van der Waals surface area contributed by atoms with Gasteiger partial charge in [0, 0.05) is 12.8 Å². The van der Waals surface area contributed by atoms with Gasteiger partial charge in [0.05, 0.1) is 33.8 Å². The molecule has 0 aliphatic rings. The van der Waals surface area contributed by atoms with Gasteiger partial charge in [-0.25, -0.2) is 0 Å². The van der Waals surface area contributed by atoms with Crippen molar-refractivity contribution in [3.8, 4) is 0 Å². The molecule has 0 aliphatic heterocycles. The molecular formula is C65H109N2O7P. The summed E-state index contributed by atoms with van der Waals surface area (Å²) >= 11 is 0. The Balaban J connectivity index is 5.42. The monoisotopic (exact) mass is 1060 g/mol. The zero-order valence-electron chi connectivity index (χ0n) is 48.4. The fourth-order valence-corrected chi connectivity index (χ4v) is 8.30.